The van der Waals surface area contributed by atoms with Crippen molar-refractivity contribution in [1.29, 1.82) is 0 Å². The molecule has 1 saturated carbocycles. The number of halogens is 1. The number of benzene rings is 1. The first kappa shape index (κ1) is 15.8. The van der Waals surface area contributed by atoms with Crippen molar-refractivity contribution in [2.24, 2.45) is 11.7 Å². The molecule has 1 aromatic rings. The Morgan fingerprint density at radius 2 is 2.10 bits per heavy atom. The first-order valence-electron chi connectivity index (χ1n) is 6.97. The molecular formula is C14H21ClN2O2S. The SMILES string of the molecule is CCN(CC1CCC1)S(=O)(=O)c1cc(CN)ccc1Cl. The summed E-state index contributed by atoms with van der Waals surface area (Å²) in [5.74, 6) is 0.487. The minimum atomic E-state index is -3.54. The summed E-state index contributed by atoms with van der Waals surface area (Å²) in [6.07, 6.45) is 3.43. The van der Waals surface area contributed by atoms with Crippen molar-refractivity contribution >= 4 is 21.6 Å². The number of hydrogen-bond donors (Lipinski definition) is 1. The van der Waals surface area contributed by atoms with E-state index < -0.39 is 10.0 Å². The van der Waals surface area contributed by atoms with Crippen molar-refractivity contribution in [3.63, 3.8) is 0 Å². The van der Waals surface area contributed by atoms with E-state index in [1.54, 1.807) is 18.2 Å². The van der Waals surface area contributed by atoms with Gasteiger partial charge in [0.15, 0.2) is 0 Å². The van der Waals surface area contributed by atoms with Gasteiger partial charge >= 0.3 is 0 Å². The molecule has 4 nitrogen and oxygen atoms in total. The largest absolute Gasteiger partial charge is 0.326 e. The molecule has 2 N–H and O–H groups in total. The second kappa shape index (κ2) is 6.43. The highest BCUT2D eigenvalue weighted by molar-refractivity contribution is 7.89. The Morgan fingerprint density at radius 1 is 1.40 bits per heavy atom. The van der Waals surface area contributed by atoms with E-state index in [2.05, 4.69) is 0 Å². The fourth-order valence-corrected chi connectivity index (χ4v) is 4.42. The van der Waals surface area contributed by atoms with Crippen LogP contribution in [-0.2, 0) is 16.6 Å². The van der Waals surface area contributed by atoms with Gasteiger partial charge < -0.3 is 5.73 Å². The van der Waals surface area contributed by atoms with E-state index in [4.69, 9.17) is 17.3 Å². The van der Waals surface area contributed by atoms with E-state index in [9.17, 15) is 8.42 Å². The van der Waals surface area contributed by atoms with Crippen molar-refractivity contribution in [2.45, 2.75) is 37.6 Å². The average molecular weight is 317 g/mol. The summed E-state index contributed by atoms with van der Waals surface area (Å²) in [5.41, 5.74) is 6.35. The minimum absolute atomic E-state index is 0.170. The first-order chi connectivity index (χ1) is 9.48. The molecule has 1 aliphatic carbocycles. The lowest BCUT2D eigenvalue weighted by Gasteiger charge is -2.31. The van der Waals surface area contributed by atoms with Gasteiger partial charge in [0.25, 0.3) is 0 Å². The molecule has 2 rings (SSSR count). The summed E-state index contributed by atoms with van der Waals surface area (Å²) in [4.78, 5) is 0.170. The lowest BCUT2D eigenvalue weighted by Crippen LogP contribution is -2.37. The van der Waals surface area contributed by atoms with Gasteiger partial charge in [-0.3, -0.25) is 0 Å². The van der Waals surface area contributed by atoms with Gasteiger partial charge in [-0.05, 0) is 36.5 Å². The first-order valence-corrected chi connectivity index (χ1v) is 8.79. The van der Waals surface area contributed by atoms with Gasteiger partial charge in [-0.1, -0.05) is 31.0 Å². The van der Waals surface area contributed by atoms with Gasteiger partial charge in [-0.15, -0.1) is 0 Å². The van der Waals surface area contributed by atoms with Gasteiger partial charge in [0.05, 0.1) is 5.02 Å². The van der Waals surface area contributed by atoms with Crippen LogP contribution in [0.3, 0.4) is 0 Å². The van der Waals surface area contributed by atoms with Crippen molar-refractivity contribution < 1.29 is 8.42 Å². The van der Waals surface area contributed by atoms with Gasteiger partial charge in [0.2, 0.25) is 10.0 Å². The van der Waals surface area contributed by atoms with E-state index in [1.807, 2.05) is 6.92 Å². The Kier molecular flexibility index (Phi) is 5.07. The van der Waals surface area contributed by atoms with E-state index in [-0.39, 0.29) is 9.92 Å². The van der Waals surface area contributed by atoms with Crippen LogP contribution in [0.2, 0.25) is 5.02 Å². The van der Waals surface area contributed by atoms with E-state index in [0.717, 1.165) is 18.4 Å². The zero-order valence-electron chi connectivity index (χ0n) is 11.7. The number of sulfonamides is 1. The molecule has 0 saturated heterocycles. The van der Waals surface area contributed by atoms with Crippen molar-refractivity contribution in [1.82, 2.24) is 4.31 Å². The third kappa shape index (κ3) is 3.17. The Bertz CT molecular complexity index is 571. The van der Waals surface area contributed by atoms with E-state index >= 15 is 0 Å². The van der Waals surface area contributed by atoms with Crippen LogP contribution in [0.25, 0.3) is 0 Å². The molecular weight excluding hydrogens is 296 g/mol. The van der Waals surface area contributed by atoms with Crippen LogP contribution in [0.15, 0.2) is 23.1 Å². The fraction of sp³-hybridized carbons (Fsp3) is 0.571. The highest BCUT2D eigenvalue weighted by Gasteiger charge is 2.30. The molecule has 1 fully saturated rings. The van der Waals surface area contributed by atoms with Crippen LogP contribution < -0.4 is 5.73 Å². The third-order valence-corrected chi connectivity index (χ3v) is 6.31. The highest BCUT2D eigenvalue weighted by Crippen LogP contribution is 2.31. The van der Waals surface area contributed by atoms with Crippen LogP contribution in [-0.4, -0.2) is 25.8 Å². The van der Waals surface area contributed by atoms with Crippen molar-refractivity contribution in [3.8, 4) is 0 Å². The predicted octanol–water partition coefficient (Wildman–Crippen LogP) is 2.61. The third-order valence-electron chi connectivity index (χ3n) is 3.89. The Balaban J connectivity index is 2.31. The Labute approximate surface area is 126 Å². The maximum atomic E-state index is 12.7. The minimum Gasteiger partial charge on any atom is -0.326 e. The standard InChI is InChI=1S/C14H21ClN2O2S/c1-2-17(10-11-4-3-5-11)20(18,19)14-8-12(9-16)6-7-13(14)15/h6-8,11H,2-5,9-10,16H2,1H3. The number of nitrogens with two attached hydrogens (primary N) is 1. The lowest BCUT2D eigenvalue weighted by molar-refractivity contribution is 0.250. The molecule has 112 valence electrons. The second-order valence-electron chi connectivity index (χ2n) is 5.22. The second-order valence-corrected chi connectivity index (χ2v) is 7.54. The summed E-state index contributed by atoms with van der Waals surface area (Å²) >= 11 is 6.08. The van der Waals surface area contributed by atoms with Crippen LogP contribution in [0.5, 0.6) is 0 Å². The molecule has 0 amide bonds. The predicted molar refractivity (Wildman–Crippen MR) is 81.1 cm³/mol. The van der Waals surface area contributed by atoms with Crippen molar-refractivity contribution in [2.75, 3.05) is 13.1 Å². The quantitative estimate of drug-likeness (QED) is 0.877. The fourth-order valence-electron chi connectivity index (χ4n) is 2.37. The zero-order valence-corrected chi connectivity index (χ0v) is 13.3. The summed E-state index contributed by atoms with van der Waals surface area (Å²) < 4.78 is 27.0. The molecule has 0 unspecified atom stereocenters. The maximum absolute atomic E-state index is 12.7. The summed E-state index contributed by atoms with van der Waals surface area (Å²) in [5, 5.41) is 0.259. The van der Waals surface area contributed by atoms with E-state index in [0.29, 0.717) is 25.6 Å². The molecule has 0 aromatic heterocycles. The Hall–Kier alpha value is -0.620. The molecule has 0 heterocycles. The number of rotatable bonds is 6. The van der Waals surface area contributed by atoms with Crippen LogP contribution in [0.4, 0.5) is 0 Å². The monoisotopic (exact) mass is 316 g/mol. The Morgan fingerprint density at radius 3 is 2.60 bits per heavy atom. The van der Waals surface area contributed by atoms with Crippen molar-refractivity contribution in [3.05, 3.63) is 28.8 Å². The molecule has 0 atom stereocenters. The highest BCUT2D eigenvalue weighted by atomic mass is 35.5. The summed E-state index contributed by atoms with van der Waals surface area (Å²) in [6, 6.07) is 4.94. The van der Waals surface area contributed by atoms with Crippen LogP contribution in [0.1, 0.15) is 31.7 Å². The summed E-state index contributed by atoms with van der Waals surface area (Å²) in [6.45, 7) is 3.20. The normalized spacial score (nSPS) is 16.4. The summed E-state index contributed by atoms with van der Waals surface area (Å²) in [7, 11) is -3.54. The molecule has 6 heteroatoms. The van der Waals surface area contributed by atoms with Crippen LogP contribution >= 0.6 is 11.6 Å². The molecule has 20 heavy (non-hydrogen) atoms. The zero-order chi connectivity index (χ0) is 14.8. The topological polar surface area (TPSA) is 63.4 Å². The van der Waals surface area contributed by atoms with Gasteiger partial charge in [0.1, 0.15) is 4.90 Å². The smallest absolute Gasteiger partial charge is 0.244 e. The van der Waals surface area contributed by atoms with Gasteiger partial charge in [0, 0.05) is 19.6 Å². The van der Waals surface area contributed by atoms with Gasteiger partial charge in [-0.25, -0.2) is 8.42 Å². The number of hydrogen-bond acceptors (Lipinski definition) is 3. The van der Waals surface area contributed by atoms with Crippen LogP contribution in [0, 0.1) is 5.92 Å². The van der Waals surface area contributed by atoms with Gasteiger partial charge in [-0.2, -0.15) is 4.31 Å². The molecule has 0 aliphatic heterocycles. The molecule has 0 bridgehead atoms. The molecule has 1 aliphatic rings. The molecule has 1 aromatic carbocycles. The lowest BCUT2D eigenvalue weighted by atomic mass is 9.85. The molecule has 0 radical (unpaired) electrons. The van der Waals surface area contributed by atoms with E-state index in [1.165, 1.54) is 10.7 Å². The average Bonchev–Trinajstić information content (AvgIpc) is 2.37. The number of nitrogens with zero attached hydrogens (tertiary/aromatic N) is 1. The molecule has 0 spiro atoms. The maximum Gasteiger partial charge on any atom is 0.244 e.